The van der Waals surface area contributed by atoms with E-state index >= 15 is 0 Å². The van der Waals surface area contributed by atoms with Gasteiger partial charge in [-0.25, -0.2) is 9.99 Å². The van der Waals surface area contributed by atoms with E-state index in [4.69, 9.17) is 10.5 Å². The second-order valence-corrected chi connectivity index (χ2v) is 5.75. The molecule has 0 saturated heterocycles. The predicted molar refractivity (Wildman–Crippen MR) is 85.3 cm³/mol. The molecule has 2 aliphatic rings. The van der Waals surface area contributed by atoms with Crippen LogP contribution in [0.4, 0.5) is 5.69 Å². The lowest BCUT2D eigenvalue weighted by Gasteiger charge is -2.29. The van der Waals surface area contributed by atoms with Gasteiger partial charge in [-0.1, -0.05) is 0 Å². The molecule has 0 spiro atoms. The van der Waals surface area contributed by atoms with Crippen LogP contribution >= 0.6 is 11.3 Å². The molecule has 0 bridgehead atoms. The van der Waals surface area contributed by atoms with Crippen molar-refractivity contribution in [1.82, 2.24) is 4.98 Å². The normalized spacial score (nSPS) is 17.9. The summed E-state index contributed by atoms with van der Waals surface area (Å²) in [5, 5.41) is 15.6. The Hall–Kier alpha value is -2.69. The molecule has 0 fully saturated rings. The molecule has 1 aromatic carbocycles. The second-order valence-electron chi connectivity index (χ2n) is 4.87. The van der Waals surface area contributed by atoms with E-state index in [1.807, 2.05) is 24.3 Å². The summed E-state index contributed by atoms with van der Waals surface area (Å²) >= 11 is 1.55. The molecule has 7 heteroatoms. The minimum atomic E-state index is 0.336. The molecule has 0 amide bonds. The van der Waals surface area contributed by atoms with Gasteiger partial charge in [0.15, 0.2) is 0 Å². The van der Waals surface area contributed by atoms with Gasteiger partial charge >= 0.3 is 0 Å². The number of rotatable bonds is 1. The van der Waals surface area contributed by atoms with Crippen LogP contribution in [0.5, 0.6) is 0 Å². The van der Waals surface area contributed by atoms with Gasteiger partial charge in [0.2, 0.25) is 0 Å². The topological polar surface area (TPSA) is 87.5 Å². The lowest BCUT2D eigenvalue weighted by atomic mass is 9.99. The first-order chi connectivity index (χ1) is 10.8. The maximum absolute atomic E-state index is 9.44. The number of hydrogen-bond donors (Lipinski definition) is 1. The quantitative estimate of drug-likeness (QED) is 0.872. The molecule has 2 aliphatic heterocycles. The summed E-state index contributed by atoms with van der Waals surface area (Å²) in [7, 11) is 0. The van der Waals surface area contributed by atoms with Gasteiger partial charge in [0.05, 0.1) is 40.3 Å². The Kier molecular flexibility index (Phi) is 2.92. The van der Waals surface area contributed by atoms with Crippen molar-refractivity contribution in [2.45, 2.75) is 0 Å². The maximum atomic E-state index is 9.44. The van der Waals surface area contributed by atoms with Crippen LogP contribution in [0.25, 0.3) is 10.2 Å². The zero-order valence-corrected chi connectivity index (χ0v) is 12.3. The first-order valence-electron chi connectivity index (χ1n) is 6.67. The fourth-order valence-electron chi connectivity index (χ4n) is 2.53. The van der Waals surface area contributed by atoms with Crippen molar-refractivity contribution in [2.24, 2.45) is 10.8 Å². The third kappa shape index (κ3) is 1.89. The number of nitriles is 1. The van der Waals surface area contributed by atoms with E-state index in [0.717, 1.165) is 27.2 Å². The van der Waals surface area contributed by atoms with Crippen LogP contribution in [-0.2, 0) is 4.74 Å². The molecule has 0 atom stereocenters. The van der Waals surface area contributed by atoms with E-state index in [1.165, 1.54) is 0 Å². The maximum Gasteiger partial charge on any atom is 0.144 e. The fraction of sp³-hybridized carbons (Fsp3) is 0.133. The van der Waals surface area contributed by atoms with E-state index in [9.17, 15) is 5.26 Å². The van der Waals surface area contributed by atoms with E-state index in [-0.39, 0.29) is 0 Å². The number of allylic oxidation sites excluding steroid dienone is 1. The van der Waals surface area contributed by atoms with Crippen LogP contribution in [0.15, 0.2) is 51.9 Å². The van der Waals surface area contributed by atoms with Crippen LogP contribution < -0.4 is 10.7 Å². The van der Waals surface area contributed by atoms with Gasteiger partial charge in [-0.15, -0.1) is 11.3 Å². The van der Waals surface area contributed by atoms with Gasteiger partial charge in [0.25, 0.3) is 0 Å². The van der Waals surface area contributed by atoms with Crippen LogP contribution in [0.3, 0.4) is 0 Å². The molecule has 0 saturated carbocycles. The largest absolute Gasteiger partial charge is 0.383 e. The summed E-state index contributed by atoms with van der Waals surface area (Å²) in [6, 6.07) is 7.97. The SMILES string of the molecule is N#CC1=C(N)N(c2ccc3ncsc3c2)N=C2COCC=C21. The lowest BCUT2D eigenvalue weighted by molar-refractivity contribution is 0.199. The first-order valence-corrected chi connectivity index (χ1v) is 7.55. The van der Waals surface area contributed by atoms with Gasteiger partial charge in [-0.2, -0.15) is 10.4 Å². The highest BCUT2D eigenvalue weighted by atomic mass is 32.1. The monoisotopic (exact) mass is 309 g/mol. The molecule has 0 aliphatic carbocycles. The highest BCUT2D eigenvalue weighted by Crippen LogP contribution is 2.31. The van der Waals surface area contributed by atoms with Gasteiger partial charge in [-0.3, -0.25) is 0 Å². The molecule has 2 aromatic rings. The van der Waals surface area contributed by atoms with Gasteiger partial charge in [-0.05, 0) is 24.3 Å². The molecular formula is C15H11N5OS. The minimum absolute atomic E-state index is 0.336. The molecule has 3 heterocycles. The summed E-state index contributed by atoms with van der Waals surface area (Å²) in [5.41, 5.74) is 11.7. The summed E-state index contributed by atoms with van der Waals surface area (Å²) in [6.07, 6.45) is 1.84. The molecule has 1 aromatic heterocycles. The number of hydrogen-bond acceptors (Lipinski definition) is 7. The molecule has 0 unspecified atom stereocenters. The fourth-order valence-corrected chi connectivity index (χ4v) is 3.24. The number of ether oxygens (including phenoxy) is 1. The zero-order chi connectivity index (χ0) is 15.1. The standard InChI is InChI=1S/C15H11N5OS/c16-6-11-10-3-4-21-7-13(10)19-20(15(11)17)9-1-2-12-14(5-9)22-8-18-12/h1-3,5,8H,4,7,17H2. The van der Waals surface area contributed by atoms with Crippen LogP contribution in [0, 0.1) is 11.3 Å². The van der Waals surface area contributed by atoms with E-state index in [0.29, 0.717) is 24.6 Å². The average molecular weight is 309 g/mol. The molecular weight excluding hydrogens is 298 g/mol. The van der Waals surface area contributed by atoms with Crippen molar-refractivity contribution in [2.75, 3.05) is 18.2 Å². The number of nitrogens with zero attached hydrogens (tertiary/aromatic N) is 4. The number of nitrogens with two attached hydrogens (primary N) is 1. The number of benzene rings is 1. The summed E-state index contributed by atoms with van der Waals surface area (Å²) < 4.78 is 6.44. The van der Waals surface area contributed by atoms with Crippen molar-refractivity contribution >= 4 is 33.0 Å². The third-order valence-electron chi connectivity index (χ3n) is 3.60. The Labute approximate surface area is 130 Å². The van der Waals surface area contributed by atoms with Crippen molar-refractivity contribution in [1.29, 1.82) is 5.26 Å². The van der Waals surface area contributed by atoms with Crippen molar-refractivity contribution < 1.29 is 4.74 Å². The molecule has 4 rings (SSSR count). The summed E-state index contributed by atoms with van der Waals surface area (Å²) in [4.78, 5) is 4.26. The smallest absolute Gasteiger partial charge is 0.144 e. The number of aromatic nitrogens is 1. The number of thiazole rings is 1. The van der Waals surface area contributed by atoms with Gasteiger partial charge in [0.1, 0.15) is 17.5 Å². The van der Waals surface area contributed by atoms with Crippen LogP contribution in [0.1, 0.15) is 0 Å². The Bertz CT molecular complexity index is 902. The summed E-state index contributed by atoms with van der Waals surface area (Å²) in [5.74, 6) is 0.336. The van der Waals surface area contributed by atoms with Gasteiger partial charge < -0.3 is 10.5 Å². The van der Waals surface area contributed by atoms with Gasteiger partial charge in [0, 0.05) is 5.57 Å². The molecule has 2 N–H and O–H groups in total. The molecule has 108 valence electrons. The highest BCUT2D eigenvalue weighted by Gasteiger charge is 2.28. The van der Waals surface area contributed by atoms with E-state index in [1.54, 1.807) is 21.9 Å². The second kappa shape index (κ2) is 4.94. The Balaban J connectivity index is 1.87. The highest BCUT2D eigenvalue weighted by molar-refractivity contribution is 7.16. The molecule has 0 radical (unpaired) electrons. The molecule has 22 heavy (non-hydrogen) atoms. The Morgan fingerprint density at radius 1 is 1.41 bits per heavy atom. The summed E-state index contributed by atoms with van der Waals surface area (Å²) in [6.45, 7) is 0.850. The van der Waals surface area contributed by atoms with Crippen molar-refractivity contribution in [3.8, 4) is 6.07 Å². The Morgan fingerprint density at radius 2 is 2.32 bits per heavy atom. The number of anilines is 1. The molecule has 6 nitrogen and oxygen atoms in total. The van der Waals surface area contributed by atoms with Crippen LogP contribution in [0.2, 0.25) is 0 Å². The minimum Gasteiger partial charge on any atom is -0.383 e. The lowest BCUT2D eigenvalue weighted by Crippen LogP contribution is -2.34. The zero-order valence-electron chi connectivity index (χ0n) is 11.5. The van der Waals surface area contributed by atoms with Crippen LogP contribution in [-0.4, -0.2) is 23.9 Å². The number of hydrazone groups is 1. The van der Waals surface area contributed by atoms with E-state index in [2.05, 4.69) is 16.2 Å². The number of fused-ring (bicyclic) bond motifs is 2. The predicted octanol–water partition coefficient (Wildman–Crippen LogP) is 2.12. The Morgan fingerprint density at radius 3 is 3.18 bits per heavy atom. The van der Waals surface area contributed by atoms with Crippen molar-refractivity contribution in [3.05, 3.63) is 46.8 Å². The van der Waals surface area contributed by atoms with E-state index < -0.39 is 0 Å². The first kappa shape index (κ1) is 13.0. The third-order valence-corrected chi connectivity index (χ3v) is 4.39. The van der Waals surface area contributed by atoms with Crippen molar-refractivity contribution in [3.63, 3.8) is 0 Å². The average Bonchev–Trinajstić information content (AvgIpc) is 3.02.